The van der Waals surface area contributed by atoms with Crippen LogP contribution in [-0.4, -0.2) is 46.4 Å². The number of likely N-dealkylation sites (N-methyl/N-ethyl adjacent to an activating group) is 2. The van der Waals surface area contributed by atoms with Crippen molar-refractivity contribution in [1.29, 1.82) is 0 Å². The van der Waals surface area contributed by atoms with Crippen molar-refractivity contribution in [2.45, 2.75) is 10.6 Å². The van der Waals surface area contributed by atoms with Gasteiger partial charge in [0.15, 0.2) is 9.84 Å². The zero-order valence-electron chi connectivity index (χ0n) is 13.9. The zero-order chi connectivity index (χ0) is 17.6. The lowest BCUT2D eigenvalue weighted by molar-refractivity contribution is 0.0796. The minimum Gasteiger partial charge on any atom is -0.340 e. The molecule has 0 saturated carbocycles. The van der Waals surface area contributed by atoms with Crippen molar-refractivity contribution in [3.8, 4) is 0 Å². The van der Waals surface area contributed by atoms with Gasteiger partial charge in [0, 0.05) is 25.7 Å². The third kappa shape index (κ3) is 4.43. The van der Waals surface area contributed by atoms with Crippen molar-refractivity contribution < 1.29 is 13.2 Å². The molecule has 0 aliphatic heterocycles. The number of carbonyl (C=O) groups excluding carboxylic acids is 1. The number of amides is 1. The Kier molecular flexibility index (Phi) is 6.11. The van der Waals surface area contributed by atoms with Gasteiger partial charge >= 0.3 is 0 Å². The van der Waals surface area contributed by atoms with E-state index in [9.17, 15) is 13.2 Å². The zero-order valence-corrected chi connectivity index (χ0v) is 14.7. The van der Waals surface area contributed by atoms with E-state index in [1.807, 2.05) is 7.05 Å². The molecule has 0 saturated heterocycles. The largest absolute Gasteiger partial charge is 0.340 e. The molecule has 0 spiro atoms. The first-order valence-electron chi connectivity index (χ1n) is 7.71. The maximum Gasteiger partial charge on any atom is 0.253 e. The summed E-state index contributed by atoms with van der Waals surface area (Å²) in [6.07, 6.45) is 0. The Morgan fingerprint density at radius 3 is 2.33 bits per heavy atom. The fourth-order valence-corrected chi connectivity index (χ4v) is 3.76. The average molecular weight is 346 g/mol. The highest BCUT2D eigenvalue weighted by Crippen LogP contribution is 2.19. The first-order chi connectivity index (χ1) is 11.5. The standard InChI is InChI=1S/C18H22N2O3S/c1-19-12-13-20(2)18(21)17-11-7-6-8-15(17)14-24(22,23)16-9-4-3-5-10-16/h3-11,19H,12-14H2,1-2H3. The van der Waals surface area contributed by atoms with Crippen LogP contribution in [0.4, 0.5) is 0 Å². The summed E-state index contributed by atoms with van der Waals surface area (Å²) in [5.74, 6) is -0.372. The number of sulfone groups is 1. The third-order valence-electron chi connectivity index (χ3n) is 3.74. The van der Waals surface area contributed by atoms with Crippen LogP contribution >= 0.6 is 0 Å². The molecule has 0 bridgehead atoms. The van der Waals surface area contributed by atoms with Crippen LogP contribution in [0.25, 0.3) is 0 Å². The Labute approximate surface area is 143 Å². The van der Waals surface area contributed by atoms with Crippen LogP contribution in [0.15, 0.2) is 59.5 Å². The van der Waals surface area contributed by atoms with Gasteiger partial charge in [0.25, 0.3) is 5.91 Å². The van der Waals surface area contributed by atoms with E-state index >= 15 is 0 Å². The van der Waals surface area contributed by atoms with Gasteiger partial charge in [-0.25, -0.2) is 8.42 Å². The molecule has 0 aliphatic carbocycles. The van der Waals surface area contributed by atoms with E-state index in [1.54, 1.807) is 66.5 Å². The van der Waals surface area contributed by atoms with Crippen molar-refractivity contribution in [1.82, 2.24) is 10.2 Å². The molecule has 128 valence electrons. The molecular weight excluding hydrogens is 324 g/mol. The van der Waals surface area contributed by atoms with Crippen LogP contribution in [-0.2, 0) is 15.6 Å². The van der Waals surface area contributed by atoms with E-state index in [0.717, 1.165) is 0 Å². The Bertz CT molecular complexity index is 789. The van der Waals surface area contributed by atoms with E-state index in [2.05, 4.69) is 5.32 Å². The molecule has 0 radical (unpaired) electrons. The molecule has 0 aromatic heterocycles. The summed E-state index contributed by atoms with van der Waals surface area (Å²) in [6.45, 7) is 1.22. The molecule has 0 fully saturated rings. The monoisotopic (exact) mass is 346 g/mol. The molecule has 0 aliphatic rings. The third-order valence-corrected chi connectivity index (χ3v) is 5.42. The van der Waals surface area contributed by atoms with Crippen molar-refractivity contribution in [3.05, 3.63) is 65.7 Å². The smallest absolute Gasteiger partial charge is 0.253 e. The summed E-state index contributed by atoms with van der Waals surface area (Å²) in [7, 11) is 0.0335. The summed E-state index contributed by atoms with van der Waals surface area (Å²) in [4.78, 5) is 14.4. The van der Waals surface area contributed by atoms with Crippen molar-refractivity contribution in [3.63, 3.8) is 0 Å². The maximum atomic E-state index is 12.6. The fraction of sp³-hybridized carbons (Fsp3) is 0.278. The normalized spacial score (nSPS) is 11.2. The second-order valence-electron chi connectivity index (χ2n) is 5.56. The molecule has 5 nitrogen and oxygen atoms in total. The molecule has 6 heteroatoms. The fourth-order valence-electron chi connectivity index (χ4n) is 2.36. The second-order valence-corrected chi connectivity index (χ2v) is 7.55. The lowest BCUT2D eigenvalue weighted by Crippen LogP contribution is -2.33. The van der Waals surface area contributed by atoms with Crippen molar-refractivity contribution >= 4 is 15.7 Å². The highest BCUT2D eigenvalue weighted by Gasteiger charge is 2.21. The van der Waals surface area contributed by atoms with E-state index in [0.29, 0.717) is 24.2 Å². The predicted octanol–water partition coefficient (Wildman–Crippen LogP) is 1.95. The Balaban J connectivity index is 2.28. The van der Waals surface area contributed by atoms with Gasteiger partial charge in [-0.1, -0.05) is 36.4 Å². The van der Waals surface area contributed by atoms with E-state index in [1.165, 1.54) is 0 Å². The number of carbonyl (C=O) groups is 1. The molecule has 1 N–H and O–H groups in total. The number of benzene rings is 2. The Morgan fingerprint density at radius 1 is 1.04 bits per heavy atom. The van der Waals surface area contributed by atoms with Gasteiger partial charge in [-0.3, -0.25) is 4.79 Å². The molecule has 0 atom stereocenters. The maximum absolute atomic E-state index is 12.6. The Hall–Kier alpha value is -2.18. The molecule has 2 aromatic rings. The van der Waals surface area contributed by atoms with Crippen LogP contribution < -0.4 is 5.32 Å². The van der Waals surface area contributed by atoms with Crippen LogP contribution in [0.1, 0.15) is 15.9 Å². The number of nitrogens with one attached hydrogen (secondary N) is 1. The highest BCUT2D eigenvalue weighted by atomic mass is 32.2. The minimum atomic E-state index is -3.50. The lowest BCUT2D eigenvalue weighted by Gasteiger charge is -2.19. The van der Waals surface area contributed by atoms with Crippen LogP contribution in [0.2, 0.25) is 0 Å². The highest BCUT2D eigenvalue weighted by molar-refractivity contribution is 7.90. The van der Waals surface area contributed by atoms with Gasteiger partial charge in [0.1, 0.15) is 0 Å². The molecule has 1 amide bonds. The summed E-state index contributed by atoms with van der Waals surface area (Å²) in [5.41, 5.74) is 0.943. The van der Waals surface area contributed by atoms with Crippen molar-refractivity contribution in [2.24, 2.45) is 0 Å². The number of hydrogen-bond donors (Lipinski definition) is 1. The quantitative estimate of drug-likeness (QED) is 0.832. The summed E-state index contributed by atoms with van der Waals surface area (Å²) in [6, 6.07) is 15.2. The molecule has 24 heavy (non-hydrogen) atoms. The minimum absolute atomic E-state index is 0.177. The molecule has 0 unspecified atom stereocenters. The van der Waals surface area contributed by atoms with Gasteiger partial charge < -0.3 is 10.2 Å². The van der Waals surface area contributed by atoms with Crippen LogP contribution in [0.3, 0.4) is 0 Å². The SMILES string of the molecule is CNCCN(C)C(=O)c1ccccc1CS(=O)(=O)c1ccccc1. The number of hydrogen-bond acceptors (Lipinski definition) is 4. The van der Waals surface area contributed by atoms with Crippen LogP contribution in [0.5, 0.6) is 0 Å². The Morgan fingerprint density at radius 2 is 1.67 bits per heavy atom. The van der Waals surface area contributed by atoms with Gasteiger partial charge in [0.05, 0.1) is 10.6 Å². The van der Waals surface area contributed by atoms with Gasteiger partial charge in [-0.2, -0.15) is 0 Å². The van der Waals surface area contributed by atoms with Gasteiger partial charge in [0.2, 0.25) is 0 Å². The molecule has 0 heterocycles. The lowest BCUT2D eigenvalue weighted by atomic mass is 10.1. The van der Waals surface area contributed by atoms with E-state index < -0.39 is 9.84 Å². The van der Waals surface area contributed by atoms with E-state index in [4.69, 9.17) is 0 Å². The number of nitrogens with zero attached hydrogens (tertiary/aromatic N) is 1. The number of rotatable bonds is 7. The van der Waals surface area contributed by atoms with Gasteiger partial charge in [-0.05, 0) is 30.8 Å². The topological polar surface area (TPSA) is 66.5 Å². The van der Waals surface area contributed by atoms with Gasteiger partial charge in [-0.15, -0.1) is 0 Å². The van der Waals surface area contributed by atoms with Crippen LogP contribution in [0, 0.1) is 0 Å². The first kappa shape index (κ1) is 18.2. The first-order valence-corrected chi connectivity index (χ1v) is 9.36. The summed E-state index contributed by atoms with van der Waals surface area (Å²) >= 11 is 0. The average Bonchev–Trinajstić information content (AvgIpc) is 2.60. The molecular formula is C18H22N2O3S. The second kappa shape index (κ2) is 8.08. The predicted molar refractivity (Wildman–Crippen MR) is 94.7 cm³/mol. The summed E-state index contributed by atoms with van der Waals surface area (Å²) in [5, 5.41) is 2.99. The molecule has 2 rings (SSSR count). The molecule has 2 aromatic carbocycles. The van der Waals surface area contributed by atoms with E-state index in [-0.39, 0.29) is 16.6 Å². The summed E-state index contributed by atoms with van der Waals surface area (Å²) < 4.78 is 25.2. The van der Waals surface area contributed by atoms with Crippen molar-refractivity contribution in [2.75, 3.05) is 27.2 Å².